The van der Waals surface area contributed by atoms with E-state index in [1.165, 1.54) is 19.2 Å². The van der Waals surface area contributed by atoms with Crippen molar-refractivity contribution in [1.82, 2.24) is 10.2 Å². The van der Waals surface area contributed by atoms with E-state index < -0.39 is 48.8 Å². The normalized spacial score (nSPS) is 25.9. The first kappa shape index (κ1) is 16.4. The van der Waals surface area contributed by atoms with Gasteiger partial charge in [-0.15, -0.1) is 0 Å². The zero-order valence-electron chi connectivity index (χ0n) is 12.9. The number of halogens is 2. The van der Waals surface area contributed by atoms with E-state index in [0.29, 0.717) is 0 Å². The van der Waals surface area contributed by atoms with Gasteiger partial charge >= 0.3 is 5.97 Å². The van der Waals surface area contributed by atoms with E-state index in [9.17, 15) is 23.2 Å². The van der Waals surface area contributed by atoms with Gasteiger partial charge in [0.25, 0.3) is 5.92 Å². The molecule has 0 radical (unpaired) electrons. The lowest BCUT2D eigenvalue weighted by Gasteiger charge is -2.23. The van der Waals surface area contributed by atoms with E-state index in [2.05, 4.69) is 10.1 Å². The van der Waals surface area contributed by atoms with Gasteiger partial charge in [0.1, 0.15) is 11.8 Å². The zero-order valence-corrected chi connectivity index (χ0v) is 12.9. The molecule has 2 fully saturated rings. The van der Waals surface area contributed by atoms with Gasteiger partial charge < -0.3 is 19.4 Å². The number of methoxy groups -OCH3 is 1. The van der Waals surface area contributed by atoms with Crippen molar-refractivity contribution in [2.75, 3.05) is 13.7 Å². The van der Waals surface area contributed by atoms with Gasteiger partial charge in [-0.3, -0.25) is 9.59 Å². The number of amides is 2. The molecular formula is C15H16F2N2O5. The maximum atomic E-state index is 13.6. The highest BCUT2D eigenvalue weighted by atomic mass is 19.3. The van der Waals surface area contributed by atoms with Crippen LogP contribution in [0.3, 0.4) is 0 Å². The van der Waals surface area contributed by atoms with Crippen LogP contribution in [0.2, 0.25) is 0 Å². The third-order valence-corrected chi connectivity index (χ3v) is 4.17. The molecular weight excluding hydrogens is 326 g/mol. The highest BCUT2D eigenvalue weighted by Crippen LogP contribution is 2.35. The summed E-state index contributed by atoms with van der Waals surface area (Å²) in [6, 6.07) is 1.07. The lowest BCUT2D eigenvalue weighted by atomic mass is 10.1. The summed E-state index contributed by atoms with van der Waals surface area (Å²) in [5.41, 5.74) is 0. The van der Waals surface area contributed by atoms with Crippen LogP contribution in [0.15, 0.2) is 16.5 Å². The van der Waals surface area contributed by atoms with Gasteiger partial charge in [0, 0.05) is 25.3 Å². The second-order valence-electron chi connectivity index (χ2n) is 5.97. The molecule has 2 atom stereocenters. The van der Waals surface area contributed by atoms with Crippen LogP contribution >= 0.6 is 0 Å². The Morgan fingerprint density at radius 1 is 1.46 bits per heavy atom. The first-order valence-electron chi connectivity index (χ1n) is 7.44. The van der Waals surface area contributed by atoms with Crippen LogP contribution in [-0.2, 0) is 20.7 Å². The molecule has 2 amide bonds. The summed E-state index contributed by atoms with van der Waals surface area (Å²) in [6.45, 7) is -0.687. The fourth-order valence-corrected chi connectivity index (χ4v) is 3.10. The lowest BCUT2D eigenvalue weighted by Crippen LogP contribution is -2.47. The fourth-order valence-electron chi connectivity index (χ4n) is 3.10. The average molecular weight is 342 g/mol. The van der Waals surface area contributed by atoms with Gasteiger partial charge in [-0.05, 0) is 12.1 Å². The molecule has 0 spiro atoms. The van der Waals surface area contributed by atoms with Crippen molar-refractivity contribution in [3.8, 4) is 0 Å². The molecule has 0 bridgehead atoms. The number of nitrogens with zero attached hydrogens (tertiary/aromatic N) is 1. The number of alkyl halides is 2. The average Bonchev–Trinajstić information content (AvgIpc) is 3.06. The number of fused-ring (bicyclic) bond motifs is 1. The molecule has 2 saturated heterocycles. The summed E-state index contributed by atoms with van der Waals surface area (Å²) in [6.07, 6.45) is -0.689. The Kier molecular flexibility index (Phi) is 4.02. The van der Waals surface area contributed by atoms with Crippen LogP contribution in [0, 0.1) is 0 Å². The van der Waals surface area contributed by atoms with E-state index in [0.717, 1.165) is 4.90 Å². The number of carbonyl (C=O) groups is 3. The van der Waals surface area contributed by atoms with E-state index >= 15 is 0 Å². The van der Waals surface area contributed by atoms with E-state index in [1.807, 2.05) is 0 Å². The maximum absolute atomic E-state index is 13.6. The summed E-state index contributed by atoms with van der Waals surface area (Å²) in [7, 11) is 1.20. The molecule has 2 aliphatic heterocycles. The number of esters is 1. The van der Waals surface area contributed by atoms with Gasteiger partial charge in [-0.2, -0.15) is 0 Å². The van der Waals surface area contributed by atoms with Crippen molar-refractivity contribution in [3.63, 3.8) is 0 Å². The predicted octanol–water partition coefficient (Wildman–Crippen LogP) is 0.733. The summed E-state index contributed by atoms with van der Waals surface area (Å²) in [4.78, 5) is 36.8. The maximum Gasteiger partial charge on any atom is 0.373 e. The Balaban J connectivity index is 1.77. The Labute approximate surface area is 135 Å². The van der Waals surface area contributed by atoms with Crippen molar-refractivity contribution in [1.29, 1.82) is 0 Å². The third kappa shape index (κ3) is 3.10. The highest BCUT2D eigenvalue weighted by molar-refractivity contribution is 5.91. The molecule has 1 aromatic heterocycles. The second kappa shape index (κ2) is 5.88. The van der Waals surface area contributed by atoms with Crippen LogP contribution in [0.4, 0.5) is 8.78 Å². The monoisotopic (exact) mass is 342 g/mol. The number of hydrogen-bond donors (Lipinski definition) is 1. The molecule has 130 valence electrons. The van der Waals surface area contributed by atoms with Crippen molar-refractivity contribution >= 4 is 17.8 Å². The van der Waals surface area contributed by atoms with E-state index in [-0.39, 0.29) is 24.4 Å². The van der Waals surface area contributed by atoms with Crippen molar-refractivity contribution in [3.05, 3.63) is 23.7 Å². The molecule has 9 heteroatoms. The van der Waals surface area contributed by atoms with Gasteiger partial charge in [0.05, 0.1) is 13.7 Å². The van der Waals surface area contributed by atoms with Crippen molar-refractivity contribution in [2.45, 2.75) is 37.3 Å². The number of nitrogens with one attached hydrogen (secondary N) is 1. The number of rotatable bonds is 3. The minimum Gasteiger partial charge on any atom is -0.463 e. The fraction of sp³-hybridized carbons (Fsp3) is 0.533. The Bertz CT molecular complexity index is 687. The molecule has 1 aromatic rings. The SMILES string of the molecule is COC(=O)c1ccc(CC2NC(=O)CC3CC(F)(F)CN3C2=O)o1. The molecule has 0 saturated carbocycles. The van der Waals surface area contributed by atoms with E-state index in [4.69, 9.17) is 4.42 Å². The Morgan fingerprint density at radius 3 is 2.92 bits per heavy atom. The summed E-state index contributed by atoms with van der Waals surface area (Å²) >= 11 is 0. The molecule has 24 heavy (non-hydrogen) atoms. The molecule has 0 aromatic carbocycles. The molecule has 2 aliphatic rings. The van der Waals surface area contributed by atoms with Crippen molar-refractivity contribution < 1.29 is 32.3 Å². The smallest absolute Gasteiger partial charge is 0.373 e. The Morgan fingerprint density at radius 2 is 2.21 bits per heavy atom. The first-order valence-corrected chi connectivity index (χ1v) is 7.44. The summed E-state index contributed by atoms with van der Waals surface area (Å²) in [5, 5.41) is 2.53. The Hall–Kier alpha value is -2.45. The van der Waals surface area contributed by atoms with Gasteiger partial charge in [0.15, 0.2) is 0 Å². The number of hydrogen-bond acceptors (Lipinski definition) is 5. The van der Waals surface area contributed by atoms with Crippen LogP contribution in [-0.4, -0.2) is 54.3 Å². The van der Waals surface area contributed by atoms with Crippen molar-refractivity contribution in [2.24, 2.45) is 0 Å². The van der Waals surface area contributed by atoms with E-state index in [1.54, 1.807) is 0 Å². The molecule has 3 heterocycles. The summed E-state index contributed by atoms with van der Waals surface area (Å²) in [5.74, 6) is -4.44. The molecule has 7 nitrogen and oxygen atoms in total. The molecule has 3 rings (SSSR count). The van der Waals surface area contributed by atoms with Crippen LogP contribution in [0.25, 0.3) is 0 Å². The quantitative estimate of drug-likeness (QED) is 0.818. The molecule has 0 aliphatic carbocycles. The topological polar surface area (TPSA) is 88.9 Å². The van der Waals surface area contributed by atoms with Gasteiger partial charge in [-0.1, -0.05) is 0 Å². The minimum absolute atomic E-state index is 0.0314. The lowest BCUT2D eigenvalue weighted by molar-refractivity contribution is -0.135. The number of carbonyl (C=O) groups excluding carboxylic acids is 3. The van der Waals surface area contributed by atoms with Crippen LogP contribution < -0.4 is 5.32 Å². The number of ether oxygens (including phenoxy) is 1. The van der Waals surface area contributed by atoms with Crippen LogP contribution in [0.5, 0.6) is 0 Å². The first-order chi connectivity index (χ1) is 11.3. The largest absolute Gasteiger partial charge is 0.463 e. The zero-order chi connectivity index (χ0) is 17.5. The van der Waals surface area contributed by atoms with Gasteiger partial charge in [0.2, 0.25) is 17.6 Å². The second-order valence-corrected chi connectivity index (χ2v) is 5.97. The standard InChI is InChI=1S/C15H16F2N2O5/c1-23-14(22)11-3-2-9(24-11)5-10-13(21)19-7-15(16,17)6-8(19)4-12(20)18-10/h2-3,8,10H,4-7H2,1H3,(H,18,20). The molecule has 1 N–H and O–H groups in total. The van der Waals surface area contributed by atoms with Crippen LogP contribution in [0.1, 0.15) is 29.2 Å². The molecule has 2 unspecified atom stereocenters. The summed E-state index contributed by atoms with van der Waals surface area (Å²) < 4.78 is 36.9. The predicted molar refractivity (Wildman–Crippen MR) is 75.4 cm³/mol. The third-order valence-electron chi connectivity index (χ3n) is 4.17. The minimum atomic E-state index is -2.98. The number of furan rings is 1. The highest BCUT2D eigenvalue weighted by Gasteiger charge is 2.50. The van der Waals surface area contributed by atoms with Gasteiger partial charge in [-0.25, -0.2) is 13.6 Å².